The first-order chi connectivity index (χ1) is 21.2. The number of nitrogens with one attached hydrogen (secondary N) is 1. The first-order valence-corrected chi connectivity index (χ1v) is 15.8. The summed E-state index contributed by atoms with van der Waals surface area (Å²) >= 11 is 4.35. The standard InChI is InChI=1S/C22H21NS.C10H13NO.2C2H6.CH3NO/c24-22-11-9-20(10-12-22)19-7-5-17(6-8-19)15-23-14-13-18-3-1-2-4-21(18)16-23;1-2-4-9(5-3-1)10-8-11-6-7-12-10;2*1-2;2-1-3/h1-12,24H,13-16H2;1-5,10-11H,6-8H2;2*1-2H3;1H,(H2,2,3). The molecule has 2 heterocycles. The van der Waals surface area contributed by atoms with Gasteiger partial charge in [0.25, 0.3) is 0 Å². The van der Waals surface area contributed by atoms with Gasteiger partial charge in [0, 0.05) is 37.6 Å². The molecule has 2 aliphatic rings. The fraction of sp³-hybridized carbons (Fsp3) is 0.324. The van der Waals surface area contributed by atoms with Crippen molar-refractivity contribution in [1.29, 1.82) is 0 Å². The van der Waals surface area contributed by atoms with Gasteiger partial charge < -0.3 is 15.8 Å². The Kier molecular flexibility index (Phi) is 17.7. The molecule has 3 N–H and O–H groups in total. The smallest absolute Gasteiger partial charge is 0.204 e. The van der Waals surface area contributed by atoms with Gasteiger partial charge in [-0.05, 0) is 51.9 Å². The number of nitrogens with zero attached hydrogens (tertiary/aromatic N) is 1. The van der Waals surface area contributed by atoms with Gasteiger partial charge in [0.1, 0.15) is 0 Å². The van der Waals surface area contributed by atoms with Gasteiger partial charge in [0.15, 0.2) is 0 Å². The SMILES string of the molecule is CC.CC.NC=O.Sc1ccc(-c2ccc(CN3CCc4ccccc4C3)cc2)cc1.c1ccc(C2CNCCO2)cc1. The van der Waals surface area contributed by atoms with Gasteiger partial charge in [-0.25, -0.2) is 0 Å². The van der Waals surface area contributed by atoms with E-state index in [4.69, 9.17) is 9.53 Å². The number of thiol groups is 1. The number of benzene rings is 4. The third-order valence-electron chi connectivity index (χ3n) is 6.87. The third kappa shape index (κ3) is 12.4. The van der Waals surface area contributed by atoms with Crippen LogP contribution in [0, 0.1) is 0 Å². The highest BCUT2D eigenvalue weighted by Crippen LogP contribution is 2.24. The first-order valence-electron chi connectivity index (χ1n) is 15.4. The Morgan fingerprint density at radius 2 is 1.40 bits per heavy atom. The summed E-state index contributed by atoms with van der Waals surface area (Å²) in [6.45, 7) is 13.9. The Hall–Kier alpha value is -3.42. The molecule has 6 rings (SSSR count). The van der Waals surface area contributed by atoms with E-state index in [0.717, 1.165) is 50.6 Å². The number of carbonyl (C=O) groups excluding carboxylic acids is 1. The van der Waals surface area contributed by atoms with Crippen molar-refractivity contribution in [3.8, 4) is 11.1 Å². The number of primary amides is 1. The van der Waals surface area contributed by atoms with Crippen LogP contribution in [0.1, 0.15) is 56.1 Å². The van der Waals surface area contributed by atoms with E-state index in [9.17, 15) is 0 Å². The zero-order chi connectivity index (χ0) is 31.3. The van der Waals surface area contributed by atoms with Gasteiger partial charge in [-0.1, -0.05) is 119 Å². The van der Waals surface area contributed by atoms with E-state index in [1.54, 1.807) is 0 Å². The lowest BCUT2D eigenvalue weighted by molar-refractivity contribution is -0.106. The van der Waals surface area contributed by atoms with Gasteiger partial charge in [-0.3, -0.25) is 9.69 Å². The number of fused-ring (bicyclic) bond motifs is 1. The Bertz CT molecular complexity index is 1280. The Balaban J connectivity index is 0.000000284. The maximum absolute atomic E-state index is 8.58. The minimum absolute atomic E-state index is 0.250. The predicted molar refractivity (Wildman–Crippen MR) is 184 cm³/mol. The van der Waals surface area contributed by atoms with E-state index in [1.165, 1.54) is 33.4 Å². The Morgan fingerprint density at radius 1 is 0.837 bits per heavy atom. The quantitative estimate of drug-likeness (QED) is 0.166. The topological polar surface area (TPSA) is 67.6 Å². The fourth-order valence-corrected chi connectivity index (χ4v) is 5.00. The fourth-order valence-electron chi connectivity index (χ4n) is 4.85. The van der Waals surface area contributed by atoms with Gasteiger partial charge in [-0.15, -0.1) is 12.6 Å². The molecule has 4 aromatic rings. The van der Waals surface area contributed by atoms with Crippen LogP contribution in [0.3, 0.4) is 0 Å². The van der Waals surface area contributed by atoms with Crippen LogP contribution in [-0.2, 0) is 29.0 Å². The molecule has 0 saturated carbocycles. The van der Waals surface area contributed by atoms with E-state index in [2.05, 4.69) is 101 Å². The molecule has 2 aliphatic heterocycles. The zero-order valence-electron chi connectivity index (χ0n) is 26.2. The molecule has 1 atom stereocenters. The van der Waals surface area contributed by atoms with Crippen molar-refractivity contribution in [2.75, 3.05) is 26.2 Å². The molecule has 1 unspecified atom stereocenters. The number of carbonyl (C=O) groups is 1. The lowest BCUT2D eigenvalue weighted by Crippen LogP contribution is -2.33. The van der Waals surface area contributed by atoms with E-state index in [-0.39, 0.29) is 12.5 Å². The summed E-state index contributed by atoms with van der Waals surface area (Å²) in [5.41, 5.74) is 12.3. The molecular weight excluding hydrogens is 550 g/mol. The summed E-state index contributed by atoms with van der Waals surface area (Å²) in [7, 11) is 0. The van der Waals surface area contributed by atoms with Crippen molar-refractivity contribution < 1.29 is 9.53 Å². The minimum atomic E-state index is 0.250. The maximum atomic E-state index is 8.58. The summed E-state index contributed by atoms with van der Waals surface area (Å²) in [4.78, 5) is 12.1. The number of nitrogens with two attached hydrogens (primary N) is 1. The number of hydrogen-bond donors (Lipinski definition) is 3. The molecule has 43 heavy (non-hydrogen) atoms. The van der Waals surface area contributed by atoms with Crippen molar-refractivity contribution in [3.05, 3.63) is 125 Å². The van der Waals surface area contributed by atoms with Gasteiger partial charge in [0.2, 0.25) is 6.41 Å². The number of ether oxygens (including phenoxy) is 1. The minimum Gasteiger partial charge on any atom is -0.372 e. The van der Waals surface area contributed by atoms with Gasteiger partial charge in [0.05, 0.1) is 12.7 Å². The van der Waals surface area contributed by atoms with Crippen LogP contribution in [0.4, 0.5) is 0 Å². The van der Waals surface area contributed by atoms with Gasteiger partial charge in [-0.2, -0.15) is 0 Å². The molecule has 5 nitrogen and oxygen atoms in total. The molecular formula is C37H49N3O2S. The Labute approximate surface area is 264 Å². The van der Waals surface area contributed by atoms with Crippen LogP contribution in [0.5, 0.6) is 0 Å². The van der Waals surface area contributed by atoms with Crippen LogP contribution < -0.4 is 11.1 Å². The molecule has 1 fully saturated rings. The van der Waals surface area contributed by atoms with E-state index < -0.39 is 0 Å². The zero-order valence-corrected chi connectivity index (χ0v) is 27.1. The molecule has 1 amide bonds. The molecule has 0 aliphatic carbocycles. The van der Waals surface area contributed by atoms with Crippen LogP contribution in [0.2, 0.25) is 0 Å². The second-order valence-electron chi connectivity index (χ2n) is 9.58. The second kappa shape index (κ2) is 21.3. The highest BCUT2D eigenvalue weighted by Gasteiger charge is 2.16. The average Bonchev–Trinajstić information content (AvgIpc) is 3.09. The number of hydrogen-bond acceptors (Lipinski definition) is 5. The first kappa shape index (κ1) is 35.8. The Morgan fingerprint density at radius 3 is 1.98 bits per heavy atom. The van der Waals surface area contributed by atoms with Crippen LogP contribution in [-0.4, -0.2) is 37.6 Å². The van der Waals surface area contributed by atoms with Crippen molar-refractivity contribution >= 4 is 19.0 Å². The molecule has 6 heteroatoms. The third-order valence-corrected chi connectivity index (χ3v) is 7.17. The van der Waals surface area contributed by atoms with E-state index >= 15 is 0 Å². The molecule has 0 bridgehead atoms. The normalized spacial score (nSPS) is 15.2. The van der Waals surface area contributed by atoms with Crippen molar-refractivity contribution in [3.63, 3.8) is 0 Å². The number of amides is 1. The molecule has 4 aromatic carbocycles. The molecule has 1 saturated heterocycles. The molecule has 0 aromatic heterocycles. The molecule has 0 radical (unpaired) electrons. The van der Waals surface area contributed by atoms with Crippen molar-refractivity contribution in [1.82, 2.24) is 10.2 Å². The monoisotopic (exact) mass is 599 g/mol. The van der Waals surface area contributed by atoms with Crippen molar-refractivity contribution in [2.24, 2.45) is 5.73 Å². The highest BCUT2D eigenvalue weighted by molar-refractivity contribution is 7.80. The number of rotatable bonds is 4. The average molecular weight is 600 g/mol. The lowest BCUT2D eigenvalue weighted by Gasteiger charge is -2.28. The largest absolute Gasteiger partial charge is 0.372 e. The lowest BCUT2D eigenvalue weighted by atomic mass is 9.99. The van der Waals surface area contributed by atoms with Crippen LogP contribution >= 0.6 is 12.6 Å². The maximum Gasteiger partial charge on any atom is 0.204 e. The summed E-state index contributed by atoms with van der Waals surface area (Å²) in [6, 6.07) is 36.4. The predicted octanol–water partition coefficient (Wildman–Crippen LogP) is 7.70. The highest BCUT2D eigenvalue weighted by atomic mass is 32.1. The molecule has 0 spiro atoms. The molecule has 230 valence electrons. The summed E-state index contributed by atoms with van der Waals surface area (Å²) < 4.78 is 5.60. The van der Waals surface area contributed by atoms with E-state index in [1.807, 2.05) is 58.0 Å². The summed E-state index contributed by atoms with van der Waals surface area (Å²) in [5, 5.41) is 3.31. The van der Waals surface area contributed by atoms with Crippen LogP contribution in [0.25, 0.3) is 11.1 Å². The van der Waals surface area contributed by atoms with E-state index in [0.29, 0.717) is 0 Å². The van der Waals surface area contributed by atoms with Gasteiger partial charge >= 0.3 is 0 Å². The number of morpholine rings is 1. The van der Waals surface area contributed by atoms with Crippen LogP contribution in [0.15, 0.2) is 108 Å². The summed E-state index contributed by atoms with van der Waals surface area (Å²) in [6.07, 6.45) is 1.66. The van der Waals surface area contributed by atoms with Crippen molar-refractivity contribution in [2.45, 2.75) is 58.2 Å². The summed E-state index contributed by atoms with van der Waals surface area (Å²) in [5.74, 6) is 0. The second-order valence-corrected chi connectivity index (χ2v) is 10.1.